The number of rotatable bonds is 9. The second-order valence-corrected chi connectivity index (χ2v) is 7.22. The third kappa shape index (κ3) is 5.60. The summed E-state index contributed by atoms with van der Waals surface area (Å²) in [5.41, 5.74) is 1.11. The molecule has 0 bridgehead atoms. The van der Waals surface area contributed by atoms with Gasteiger partial charge < -0.3 is 10.1 Å². The zero-order chi connectivity index (χ0) is 18.2. The van der Waals surface area contributed by atoms with Crippen LogP contribution in [-0.4, -0.2) is 37.0 Å². The van der Waals surface area contributed by atoms with Crippen LogP contribution < -0.4 is 10.1 Å². The topological polar surface area (TPSA) is 41.6 Å². The maximum Gasteiger partial charge on any atom is 0.234 e. The zero-order valence-corrected chi connectivity index (χ0v) is 15.8. The van der Waals surface area contributed by atoms with E-state index in [1.54, 1.807) is 7.11 Å². The van der Waals surface area contributed by atoms with Crippen LogP contribution in [0.3, 0.4) is 0 Å². The van der Waals surface area contributed by atoms with Crippen molar-refractivity contribution >= 4 is 5.91 Å². The number of ether oxygens (including phenoxy) is 1. The number of nitrogens with one attached hydrogen (secondary N) is 1. The van der Waals surface area contributed by atoms with Gasteiger partial charge in [0, 0.05) is 12.6 Å². The molecular formula is C21H32N2O2. The predicted molar refractivity (Wildman–Crippen MR) is 103 cm³/mol. The van der Waals surface area contributed by atoms with Crippen LogP contribution in [0, 0.1) is 5.92 Å². The van der Waals surface area contributed by atoms with Gasteiger partial charge in [0.1, 0.15) is 5.75 Å². The Kier molecular flexibility index (Phi) is 7.51. The second-order valence-electron chi connectivity index (χ2n) is 7.22. The molecule has 0 aliphatic heterocycles. The van der Waals surface area contributed by atoms with E-state index in [1.807, 2.05) is 30.3 Å². The van der Waals surface area contributed by atoms with Gasteiger partial charge in [-0.3, -0.25) is 9.69 Å². The smallest absolute Gasteiger partial charge is 0.234 e. The number of hydrogen-bond acceptors (Lipinski definition) is 3. The van der Waals surface area contributed by atoms with Gasteiger partial charge in [0.15, 0.2) is 0 Å². The Morgan fingerprint density at radius 3 is 2.48 bits per heavy atom. The summed E-state index contributed by atoms with van der Waals surface area (Å²) in [6.07, 6.45) is 6.80. The normalized spacial score (nSPS) is 16.2. The highest BCUT2D eigenvalue weighted by Crippen LogP contribution is 2.25. The average molecular weight is 344 g/mol. The van der Waals surface area contributed by atoms with Crippen molar-refractivity contribution in [2.24, 2.45) is 5.92 Å². The van der Waals surface area contributed by atoms with Gasteiger partial charge in [-0.2, -0.15) is 0 Å². The van der Waals surface area contributed by atoms with Crippen molar-refractivity contribution in [2.45, 2.75) is 51.6 Å². The predicted octanol–water partition coefficient (Wildman–Crippen LogP) is 3.94. The molecule has 1 aromatic carbocycles. The lowest BCUT2D eigenvalue weighted by Gasteiger charge is -2.29. The van der Waals surface area contributed by atoms with Crippen molar-refractivity contribution in [1.82, 2.24) is 10.2 Å². The average Bonchev–Trinajstić information content (AvgIpc) is 3.14. The number of carbonyl (C=O) groups excluding carboxylic acids is 1. The lowest BCUT2D eigenvalue weighted by atomic mass is 9.96. The highest BCUT2D eigenvalue weighted by atomic mass is 16.5. The Morgan fingerprint density at radius 2 is 1.96 bits per heavy atom. The van der Waals surface area contributed by atoms with Crippen LogP contribution in [0.5, 0.6) is 5.75 Å². The molecule has 138 valence electrons. The van der Waals surface area contributed by atoms with Crippen LogP contribution in [-0.2, 0) is 4.79 Å². The van der Waals surface area contributed by atoms with Crippen molar-refractivity contribution in [3.05, 3.63) is 42.5 Å². The van der Waals surface area contributed by atoms with E-state index in [4.69, 9.17) is 4.74 Å². The molecular weight excluding hydrogens is 312 g/mol. The van der Waals surface area contributed by atoms with Crippen molar-refractivity contribution in [3.63, 3.8) is 0 Å². The quantitative estimate of drug-likeness (QED) is 0.690. The molecule has 1 amide bonds. The first kappa shape index (κ1) is 19.5. The van der Waals surface area contributed by atoms with Crippen LogP contribution in [0.25, 0.3) is 0 Å². The Morgan fingerprint density at radius 1 is 1.32 bits per heavy atom. The fourth-order valence-electron chi connectivity index (χ4n) is 3.63. The third-order valence-electron chi connectivity index (χ3n) is 5.01. The van der Waals surface area contributed by atoms with Gasteiger partial charge in [-0.15, -0.1) is 6.58 Å². The largest absolute Gasteiger partial charge is 0.497 e. The van der Waals surface area contributed by atoms with Gasteiger partial charge in [0.25, 0.3) is 0 Å². The molecule has 1 N–H and O–H groups in total. The monoisotopic (exact) mass is 344 g/mol. The molecule has 0 spiro atoms. The summed E-state index contributed by atoms with van der Waals surface area (Å²) in [4.78, 5) is 14.9. The lowest BCUT2D eigenvalue weighted by Crippen LogP contribution is -2.43. The van der Waals surface area contributed by atoms with E-state index in [0.717, 1.165) is 17.9 Å². The fourth-order valence-corrected chi connectivity index (χ4v) is 3.63. The summed E-state index contributed by atoms with van der Waals surface area (Å²) in [6.45, 7) is 9.32. The van der Waals surface area contributed by atoms with Crippen LogP contribution in [0.2, 0.25) is 0 Å². The van der Waals surface area contributed by atoms with E-state index < -0.39 is 0 Å². The lowest BCUT2D eigenvalue weighted by molar-refractivity contribution is -0.123. The number of hydrogen-bond donors (Lipinski definition) is 1. The van der Waals surface area contributed by atoms with Gasteiger partial charge >= 0.3 is 0 Å². The van der Waals surface area contributed by atoms with Gasteiger partial charge in [0.05, 0.1) is 19.7 Å². The molecule has 4 heteroatoms. The highest BCUT2D eigenvalue weighted by Gasteiger charge is 2.25. The number of carbonyl (C=O) groups is 1. The van der Waals surface area contributed by atoms with Gasteiger partial charge in [0.2, 0.25) is 5.91 Å². The maximum absolute atomic E-state index is 12.7. The van der Waals surface area contributed by atoms with E-state index in [1.165, 1.54) is 25.7 Å². The fraction of sp³-hybridized carbons (Fsp3) is 0.571. The van der Waals surface area contributed by atoms with Crippen LogP contribution in [0.1, 0.15) is 51.1 Å². The van der Waals surface area contributed by atoms with Crippen molar-refractivity contribution in [1.29, 1.82) is 0 Å². The molecule has 2 rings (SSSR count). The van der Waals surface area contributed by atoms with Gasteiger partial charge in [-0.1, -0.05) is 44.9 Å². The van der Waals surface area contributed by atoms with E-state index in [2.05, 4.69) is 30.6 Å². The van der Waals surface area contributed by atoms with Crippen LogP contribution in [0.4, 0.5) is 0 Å². The Hall–Kier alpha value is -1.81. The standard InChI is InChI=1S/C21H32N2O2/c1-5-14-23(18-8-6-7-9-18)15-20(24)22-21(16(2)3)17-10-12-19(25-4)13-11-17/h5,10-13,16,18,21H,1,6-9,14-15H2,2-4H3,(H,22,24). The molecule has 1 aromatic rings. The summed E-state index contributed by atoms with van der Waals surface area (Å²) in [5.74, 6) is 1.23. The first-order valence-corrected chi connectivity index (χ1v) is 9.33. The molecule has 0 radical (unpaired) electrons. The molecule has 1 unspecified atom stereocenters. The second kappa shape index (κ2) is 9.62. The molecule has 1 fully saturated rings. The van der Waals surface area contributed by atoms with Crippen LogP contribution >= 0.6 is 0 Å². The molecule has 1 aliphatic rings. The van der Waals surface area contributed by atoms with Gasteiger partial charge in [-0.25, -0.2) is 0 Å². The number of nitrogens with zero attached hydrogens (tertiary/aromatic N) is 1. The van der Waals surface area contributed by atoms with E-state index in [-0.39, 0.29) is 11.9 Å². The maximum atomic E-state index is 12.7. The van der Waals surface area contributed by atoms with Crippen molar-refractivity contribution in [3.8, 4) is 5.75 Å². The number of amides is 1. The molecule has 1 atom stereocenters. The summed E-state index contributed by atoms with van der Waals surface area (Å²) in [7, 11) is 1.66. The number of benzene rings is 1. The first-order chi connectivity index (χ1) is 12.0. The van der Waals surface area contributed by atoms with E-state index >= 15 is 0 Å². The Bertz CT molecular complexity index is 548. The zero-order valence-electron chi connectivity index (χ0n) is 15.8. The minimum absolute atomic E-state index is 0.00700. The van der Waals surface area contributed by atoms with Crippen LogP contribution in [0.15, 0.2) is 36.9 Å². The van der Waals surface area contributed by atoms with Crippen molar-refractivity contribution < 1.29 is 9.53 Å². The highest BCUT2D eigenvalue weighted by molar-refractivity contribution is 5.78. The molecule has 1 aliphatic carbocycles. The molecule has 1 saturated carbocycles. The summed E-state index contributed by atoms with van der Waals surface area (Å²) >= 11 is 0. The molecule has 25 heavy (non-hydrogen) atoms. The molecule has 0 aromatic heterocycles. The van der Waals surface area contributed by atoms with Crippen molar-refractivity contribution in [2.75, 3.05) is 20.2 Å². The summed E-state index contributed by atoms with van der Waals surface area (Å²) < 4.78 is 5.22. The van der Waals surface area contributed by atoms with E-state index in [0.29, 0.717) is 18.5 Å². The Labute approximate surface area is 152 Å². The minimum atomic E-state index is 0.00700. The van der Waals surface area contributed by atoms with E-state index in [9.17, 15) is 4.79 Å². The molecule has 4 nitrogen and oxygen atoms in total. The molecule has 0 saturated heterocycles. The minimum Gasteiger partial charge on any atom is -0.497 e. The Balaban J connectivity index is 2.01. The number of methoxy groups -OCH3 is 1. The summed E-state index contributed by atoms with van der Waals surface area (Å²) in [5, 5.41) is 3.23. The third-order valence-corrected chi connectivity index (χ3v) is 5.01. The SMILES string of the molecule is C=CCN(CC(=O)NC(c1ccc(OC)cc1)C(C)C)C1CCCC1. The summed E-state index contributed by atoms with van der Waals surface area (Å²) in [6, 6.07) is 8.47. The first-order valence-electron chi connectivity index (χ1n) is 9.33. The molecule has 0 heterocycles. The van der Waals surface area contributed by atoms with Gasteiger partial charge in [-0.05, 0) is 36.5 Å².